The van der Waals surface area contributed by atoms with Crippen LogP contribution in [0.25, 0.3) is 10.8 Å². The standard InChI is InChI=1S/C22H21N5/c1-14-10-15(2)12-17(11-14)26-21-20(23)22(25-13-24-21)27-19-9-5-7-16-6-3-4-8-18(16)19/h3-13H,23H2,1-2H3,(H2,24,25,26,27). The lowest BCUT2D eigenvalue weighted by Crippen LogP contribution is -2.05. The van der Waals surface area contributed by atoms with E-state index in [1.807, 2.05) is 24.3 Å². The van der Waals surface area contributed by atoms with Crippen LogP contribution in [0.15, 0.2) is 67.0 Å². The van der Waals surface area contributed by atoms with E-state index in [2.05, 4.69) is 70.8 Å². The van der Waals surface area contributed by atoms with Crippen molar-refractivity contribution in [1.82, 2.24) is 9.97 Å². The third-order valence-electron chi connectivity index (χ3n) is 4.41. The molecule has 1 aromatic heterocycles. The summed E-state index contributed by atoms with van der Waals surface area (Å²) in [5.41, 5.74) is 11.1. The first kappa shape index (κ1) is 16.8. The Morgan fingerprint density at radius 1 is 0.778 bits per heavy atom. The van der Waals surface area contributed by atoms with Crippen LogP contribution in [-0.4, -0.2) is 9.97 Å². The fraction of sp³-hybridized carbons (Fsp3) is 0.0909. The van der Waals surface area contributed by atoms with E-state index in [-0.39, 0.29) is 0 Å². The van der Waals surface area contributed by atoms with E-state index < -0.39 is 0 Å². The number of rotatable bonds is 4. The van der Waals surface area contributed by atoms with Gasteiger partial charge in [0, 0.05) is 16.8 Å². The van der Waals surface area contributed by atoms with Crippen molar-refractivity contribution in [3.63, 3.8) is 0 Å². The van der Waals surface area contributed by atoms with Crippen LogP contribution in [0.5, 0.6) is 0 Å². The number of aromatic nitrogens is 2. The highest BCUT2D eigenvalue weighted by atomic mass is 15.1. The van der Waals surface area contributed by atoms with Gasteiger partial charge in [-0.1, -0.05) is 42.5 Å². The van der Waals surface area contributed by atoms with Gasteiger partial charge in [-0.25, -0.2) is 9.97 Å². The molecule has 0 saturated carbocycles. The number of anilines is 5. The van der Waals surface area contributed by atoms with Crippen molar-refractivity contribution < 1.29 is 0 Å². The van der Waals surface area contributed by atoms with Gasteiger partial charge < -0.3 is 16.4 Å². The molecule has 0 atom stereocenters. The monoisotopic (exact) mass is 355 g/mol. The van der Waals surface area contributed by atoms with E-state index >= 15 is 0 Å². The third-order valence-corrected chi connectivity index (χ3v) is 4.41. The quantitative estimate of drug-likeness (QED) is 0.462. The number of nitrogens with two attached hydrogens (primary N) is 1. The molecule has 3 aromatic carbocycles. The van der Waals surface area contributed by atoms with Gasteiger partial charge in [0.2, 0.25) is 0 Å². The fourth-order valence-corrected chi connectivity index (χ4v) is 3.24. The molecule has 5 nitrogen and oxygen atoms in total. The summed E-state index contributed by atoms with van der Waals surface area (Å²) in [4.78, 5) is 8.64. The zero-order chi connectivity index (χ0) is 18.8. The van der Waals surface area contributed by atoms with Gasteiger partial charge in [0.15, 0.2) is 11.6 Å². The van der Waals surface area contributed by atoms with Crippen molar-refractivity contribution in [2.45, 2.75) is 13.8 Å². The summed E-state index contributed by atoms with van der Waals surface area (Å²) in [6, 6.07) is 20.6. The van der Waals surface area contributed by atoms with Crippen molar-refractivity contribution in [2.24, 2.45) is 0 Å². The number of benzene rings is 3. The van der Waals surface area contributed by atoms with E-state index in [4.69, 9.17) is 5.73 Å². The molecule has 0 aliphatic rings. The lowest BCUT2D eigenvalue weighted by molar-refractivity contribution is 1.17. The summed E-state index contributed by atoms with van der Waals surface area (Å²) in [5, 5.41) is 8.92. The van der Waals surface area contributed by atoms with Crippen LogP contribution in [-0.2, 0) is 0 Å². The molecule has 0 radical (unpaired) electrons. The molecular weight excluding hydrogens is 334 g/mol. The number of fused-ring (bicyclic) bond motifs is 1. The molecule has 4 aromatic rings. The van der Waals surface area contributed by atoms with Crippen molar-refractivity contribution in [1.29, 1.82) is 0 Å². The molecule has 0 bridgehead atoms. The van der Waals surface area contributed by atoms with E-state index in [0.29, 0.717) is 17.3 Å². The van der Waals surface area contributed by atoms with Crippen LogP contribution in [0.2, 0.25) is 0 Å². The van der Waals surface area contributed by atoms with Crippen LogP contribution in [0.3, 0.4) is 0 Å². The Kier molecular flexibility index (Phi) is 4.34. The molecule has 5 heteroatoms. The topological polar surface area (TPSA) is 75.9 Å². The van der Waals surface area contributed by atoms with E-state index in [1.165, 1.54) is 17.5 Å². The van der Waals surface area contributed by atoms with Crippen LogP contribution in [0.4, 0.5) is 28.7 Å². The molecule has 0 unspecified atom stereocenters. The minimum atomic E-state index is 0.476. The van der Waals surface area contributed by atoms with Gasteiger partial charge in [-0.15, -0.1) is 0 Å². The Labute approximate surface area is 158 Å². The molecule has 134 valence electrons. The van der Waals surface area contributed by atoms with E-state index in [1.54, 1.807) is 0 Å². The Balaban J connectivity index is 1.67. The van der Waals surface area contributed by atoms with Gasteiger partial charge in [0.1, 0.15) is 12.0 Å². The number of nitrogens with one attached hydrogen (secondary N) is 2. The summed E-state index contributed by atoms with van der Waals surface area (Å²) in [6.45, 7) is 4.13. The second-order valence-corrected chi connectivity index (χ2v) is 6.64. The molecule has 4 rings (SSSR count). The zero-order valence-corrected chi connectivity index (χ0v) is 15.3. The molecule has 27 heavy (non-hydrogen) atoms. The molecular formula is C22H21N5. The Morgan fingerprint density at radius 2 is 1.44 bits per heavy atom. The van der Waals surface area contributed by atoms with Crippen molar-refractivity contribution in [3.8, 4) is 0 Å². The predicted molar refractivity (Wildman–Crippen MR) is 113 cm³/mol. The van der Waals surface area contributed by atoms with Crippen LogP contribution in [0, 0.1) is 13.8 Å². The second kappa shape index (κ2) is 6.96. The Bertz CT molecular complexity index is 1100. The van der Waals surface area contributed by atoms with Gasteiger partial charge in [0.05, 0.1) is 0 Å². The van der Waals surface area contributed by atoms with Gasteiger partial charge in [-0.05, 0) is 48.6 Å². The van der Waals surface area contributed by atoms with E-state index in [9.17, 15) is 0 Å². The van der Waals surface area contributed by atoms with Gasteiger partial charge >= 0.3 is 0 Å². The highest BCUT2D eigenvalue weighted by Gasteiger charge is 2.10. The lowest BCUT2D eigenvalue weighted by atomic mass is 10.1. The number of aryl methyl sites for hydroxylation is 2. The molecule has 0 amide bonds. The zero-order valence-electron chi connectivity index (χ0n) is 15.3. The highest BCUT2D eigenvalue weighted by Crippen LogP contribution is 2.31. The van der Waals surface area contributed by atoms with Gasteiger partial charge in [-0.3, -0.25) is 0 Å². The minimum Gasteiger partial charge on any atom is -0.393 e. The molecule has 0 fully saturated rings. The first-order valence-corrected chi connectivity index (χ1v) is 8.81. The maximum absolute atomic E-state index is 6.35. The first-order chi connectivity index (χ1) is 13.1. The van der Waals surface area contributed by atoms with Crippen LogP contribution in [0.1, 0.15) is 11.1 Å². The minimum absolute atomic E-state index is 0.476. The summed E-state index contributed by atoms with van der Waals surface area (Å²) in [5.74, 6) is 1.16. The van der Waals surface area contributed by atoms with Crippen LogP contribution >= 0.6 is 0 Å². The van der Waals surface area contributed by atoms with E-state index in [0.717, 1.165) is 22.1 Å². The first-order valence-electron chi connectivity index (χ1n) is 8.81. The molecule has 4 N–H and O–H groups in total. The maximum atomic E-state index is 6.35. The molecule has 1 heterocycles. The van der Waals surface area contributed by atoms with Crippen molar-refractivity contribution in [2.75, 3.05) is 16.4 Å². The summed E-state index contributed by atoms with van der Waals surface area (Å²) in [6.07, 6.45) is 1.51. The number of nitrogen functional groups attached to an aromatic ring is 1. The lowest BCUT2D eigenvalue weighted by Gasteiger charge is -2.14. The number of hydrogen-bond donors (Lipinski definition) is 3. The number of hydrogen-bond acceptors (Lipinski definition) is 5. The maximum Gasteiger partial charge on any atom is 0.159 e. The Morgan fingerprint density at radius 3 is 2.22 bits per heavy atom. The molecule has 0 spiro atoms. The van der Waals surface area contributed by atoms with Crippen molar-refractivity contribution >= 4 is 39.5 Å². The summed E-state index contributed by atoms with van der Waals surface area (Å²) in [7, 11) is 0. The molecule has 0 saturated heterocycles. The average Bonchev–Trinajstić information content (AvgIpc) is 2.64. The molecule has 0 aliphatic heterocycles. The Hall–Kier alpha value is -3.60. The largest absolute Gasteiger partial charge is 0.393 e. The van der Waals surface area contributed by atoms with Crippen LogP contribution < -0.4 is 16.4 Å². The summed E-state index contributed by atoms with van der Waals surface area (Å²) >= 11 is 0. The van der Waals surface area contributed by atoms with Gasteiger partial charge in [0.25, 0.3) is 0 Å². The predicted octanol–water partition coefficient (Wildman–Crippen LogP) is 5.32. The highest BCUT2D eigenvalue weighted by molar-refractivity contribution is 5.96. The molecule has 0 aliphatic carbocycles. The SMILES string of the molecule is Cc1cc(C)cc(Nc2ncnc(Nc3cccc4ccccc34)c2N)c1. The average molecular weight is 355 g/mol. The smallest absolute Gasteiger partial charge is 0.159 e. The third kappa shape index (κ3) is 3.53. The summed E-state index contributed by atoms with van der Waals surface area (Å²) < 4.78 is 0. The normalized spacial score (nSPS) is 10.7. The number of nitrogens with zero attached hydrogens (tertiary/aromatic N) is 2. The van der Waals surface area contributed by atoms with Crippen molar-refractivity contribution in [3.05, 3.63) is 78.1 Å². The van der Waals surface area contributed by atoms with Gasteiger partial charge in [-0.2, -0.15) is 0 Å². The second-order valence-electron chi connectivity index (χ2n) is 6.64. The fourth-order valence-electron chi connectivity index (χ4n) is 3.24.